The number of carbonyl (C=O) groups is 1. The molecule has 0 radical (unpaired) electrons. The first-order chi connectivity index (χ1) is 12.2. The van der Waals surface area contributed by atoms with Gasteiger partial charge in [-0.25, -0.2) is 4.98 Å². The second-order valence-electron chi connectivity index (χ2n) is 5.75. The van der Waals surface area contributed by atoms with E-state index in [4.69, 9.17) is 4.42 Å². The number of hydrogen-bond donors (Lipinski definition) is 2. The molecule has 2 aromatic carbocycles. The number of para-hydroxylation sites is 1. The van der Waals surface area contributed by atoms with Crippen molar-refractivity contribution in [3.8, 4) is 11.4 Å². The molecule has 2 heterocycles. The van der Waals surface area contributed by atoms with Crippen molar-refractivity contribution >= 4 is 16.9 Å². The van der Waals surface area contributed by atoms with Gasteiger partial charge in [-0.3, -0.25) is 9.89 Å². The number of nitrogens with zero attached hydrogens (tertiary/aromatic N) is 2. The fourth-order valence-electron chi connectivity index (χ4n) is 2.64. The minimum absolute atomic E-state index is 0.154. The SMILES string of the molecule is Cc1nc(-c2ccc(C(=O)NCc3cc4ccccc4o3)cc2)n[nH]1. The molecule has 0 saturated carbocycles. The highest BCUT2D eigenvalue weighted by Crippen LogP contribution is 2.19. The molecule has 124 valence electrons. The lowest BCUT2D eigenvalue weighted by Crippen LogP contribution is -2.22. The number of H-pyrrole nitrogens is 1. The highest BCUT2D eigenvalue weighted by Gasteiger charge is 2.09. The first-order valence-corrected chi connectivity index (χ1v) is 7.94. The summed E-state index contributed by atoms with van der Waals surface area (Å²) in [7, 11) is 0. The molecule has 4 aromatic rings. The zero-order valence-electron chi connectivity index (χ0n) is 13.6. The van der Waals surface area contributed by atoms with Gasteiger partial charge in [-0.05, 0) is 31.2 Å². The van der Waals surface area contributed by atoms with Gasteiger partial charge in [0.05, 0.1) is 6.54 Å². The Morgan fingerprint density at radius 3 is 2.68 bits per heavy atom. The van der Waals surface area contributed by atoms with E-state index in [1.54, 1.807) is 12.1 Å². The summed E-state index contributed by atoms with van der Waals surface area (Å²) in [5.41, 5.74) is 2.25. The maximum atomic E-state index is 12.3. The summed E-state index contributed by atoms with van der Waals surface area (Å²) < 4.78 is 5.70. The maximum Gasteiger partial charge on any atom is 0.251 e. The van der Waals surface area contributed by atoms with Crippen LogP contribution in [0.2, 0.25) is 0 Å². The van der Waals surface area contributed by atoms with E-state index in [0.29, 0.717) is 17.9 Å². The van der Waals surface area contributed by atoms with Gasteiger partial charge in [0, 0.05) is 16.5 Å². The van der Waals surface area contributed by atoms with Crippen molar-refractivity contribution in [1.82, 2.24) is 20.5 Å². The number of aromatic nitrogens is 3. The molecule has 0 aliphatic carbocycles. The summed E-state index contributed by atoms with van der Waals surface area (Å²) in [6.45, 7) is 2.19. The predicted octanol–water partition coefficient (Wildman–Crippen LogP) is 3.46. The van der Waals surface area contributed by atoms with E-state index in [1.807, 2.05) is 49.4 Å². The minimum Gasteiger partial charge on any atom is -0.459 e. The van der Waals surface area contributed by atoms with Crippen molar-refractivity contribution in [2.75, 3.05) is 0 Å². The quantitative estimate of drug-likeness (QED) is 0.599. The number of rotatable bonds is 4. The number of furan rings is 1. The van der Waals surface area contributed by atoms with Crippen LogP contribution in [0.25, 0.3) is 22.4 Å². The van der Waals surface area contributed by atoms with E-state index in [2.05, 4.69) is 20.5 Å². The molecule has 0 unspecified atom stereocenters. The zero-order chi connectivity index (χ0) is 17.2. The third-order valence-corrected chi connectivity index (χ3v) is 3.90. The number of carbonyl (C=O) groups excluding carboxylic acids is 1. The molecule has 0 atom stereocenters. The molecular weight excluding hydrogens is 316 g/mol. The van der Waals surface area contributed by atoms with Crippen LogP contribution in [0.1, 0.15) is 21.9 Å². The molecule has 1 amide bonds. The molecule has 0 saturated heterocycles. The Labute approximate surface area is 143 Å². The number of nitrogens with one attached hydrogen (secondary N) is 2. The Kier molecular flexibility index (Phi) is 3.78. The number of amides is 1. The molecule has 2 aromatic heterocycles. The number of hydrogen-bond acceptors (Lipinski definition) is 4. The maximum absolute atomic E-state index is 12.3. The van der Waals surface area contributed by atoms with Gasteiger partial charge in [0.25, 0.3) is 5.91 Å². The van der Waals surface area contributed by atoms with Crippen LogP contribution in [0.5, 0.6) is 0 Å². The highest BCUT2D eigenvalue weighted by atomic mass is 16.3. The summed E-state index contributed by atoms with van der Waals surface area (Å²) in [6.07, 6.45) is 0. The topological polar surface area (TPSA) is 83.8 Å². The molecule has 0 aliphatic rings. The van der Waals surface area contributed by atoms with E-state index in [1.165, 1.54) is 0 Å². The molecule has 2 N–H and O–H groups in total. The molecule has 0 spiro atoms. The number of aromatic amines is 1. The van der Waals surface area contributed by atoms with Crippen molar-refractivity contribution in [3.05, 3.63) is 71.7 Å². The first kappa shape index (κ1) is 15.1. The Balaban J connectivity index is 1.43. The monoisotopic (exact) mass is 332 g/mol. The largest absolute Gasteiger partial charge is 0.459 e. The summed E-state index contributed by atoms with van der Waals surface area (Å²) in [5.74, 6) is 1.94. The lowest BCUT2D eigenvalue weighted by Gasteiger charge is -2.04. The van der Waals surface area contributed by atoms with E-state index >= 15 is 0 Å². The molecular formula is C19H16N4O2. The van der Waals surface area contributed by atoms with Gasteiger partial charge >= 0.3 is 0 Å². The molecule has 25 heavy (non-hydrogen) atoms. The minimum atomic E-state index is -0.154. The van der Waals surface area contributed by atoms with Crippen LogP contribution in [0, 0.1) is 6.92 Å². The molecule has 6 heteroatoms. The fraction of sp³-hybridized carbons (Fsp3) is 0.105. The van der Waals surface area contributed by atoms with Gasteiger partial charge in [0.2, 0.25) is 0 Å². The van der Waals surface area contributed by atoms with Gasteiger partial charge in [0.1, 0.15) is 17.2 Å². The smallest absolute Gasteiger partial charge is 0.251 e. The highest BCUT2D eigenvalue weighted by molar-refractivity contribution is 5.94. The van der Waals surface area contributed by atoms with Crippen molar-refractivity contribution in [2.45, 2.75) is 13.5 Å². The average molecular weight is 332 g/mol. The second-order valence-corrected chi connectivity index (χ2v) is 5.75. The summed E-state index contributed by atoms with van der Waals surface area (Å²) in [6, 6.07) is 16.9. The number of benzene rings is 2. The first-order valence-electron chi connectivity index (χ1n) is 7.94. The fourth-order valence-corrected chi connectivity index (χ4v) is 2.64. The van der Waals surface area contributed by atoms with Crippen LogP contribution in [-0.4, -0.2) is 21.1 Å². The second kappa shape index (κ2) is 6.24. The lowest BCUT2D eigenvalue weighted by atomic mass is 10.1. The van der Waals surface area contributed by atoms with Gasteiger partial charge in [-0.1, -0.05) is 30.3 Å². The van der Waals surface area contributed by atoms with Crippen molar-refractivity contribution in [2.24, 2.45) is 0 Å². The third-order valence-electron chi connectivity index (χ3n) is 3.90. The number of fused-ring (bicyclic) bond motifs is 1. The Hall–Kier alpha value is -3.41. The van der Waals surface area contributed by atoms with Crippen molar-refractivity contribution < 1.29 is 9.21 Å². The van der Waals surface area contributed by atoms with Crippen molar-refractivity contribution in [1.29, 1.82) is 0 Å². The van der Waals surface area contributed by atoms with Gasteiger partial charge < -0.3 is 9.73 Å². The third kappa shape index (κ3) is 3.14. The van der Waals surface area contributed by atoms with Gasteiger partial charge in [-0.15, -0.1) is 0 Å². The summed E-state index contributed by atoms with van der Waals surface area (Å²) >= 11 is 0. The van der Waals surface area contributed by atoms with Crippen LogP contribution in [-0.2, 0) is 6.54 Å². The zero-order valence-corrected chi connectivity index (χ0v) is 13.6. The van der Waals surface area contributed by atoms with E-state index in [9.17, 15) is 4.79 Å². The normalized spacial score (nSPS) is 10.9. The molecule has 0 bridgehead atoms. The predicted molar refractivity (Wildman–Crippen MR) is 93.9 cm³/mol. The van der Waals surface area contributed by atoms with Crippen LogP contribution >= 0.6 is 0 Å². The van der Waals surface area contributed by atoms with Gasteiger partial charge in [0.15, 0.2) is 5.82 Å². The van der Waals surface area contributed by atoms with Crippen LogP contribution in [0.15, 0.2) is 59.0 Å². The summed E-state index contributed by atoms with van der Waals surface area (Å²) in [5, 5.41) is 10.8. The Morgan fingerprint density at radius 1 is 1.16 bits per heavy atom. The van der Waals surface area contributed by atoms with Crippen LogP contribution in [0.3, 0.4) is 0 Å². The van der Waals surface area contributed by atoms with E-state index in [-0.39, 0.29) is 5.91 Å². The molecule has 0 fully saturated rings. The average Bonchev–Trinajstić information content (AvgIpc) is 3.25. The van der Waals surface area contributed by atoms with Gasteiger partial charge in [-0.2, -0.15) is 5.10 Å². The lowest BCUT2D eigenvalue weighted by molar-refractivity contribution is 0.0948. The van der Waals surface area contributed by atoms with Crippen LogP contribution in [0.4, 0.5) is 0 Å². The van der Waals surface area contributed by atoms with Crippen LogP contribution < -0.4 is 5.32 Å². The molecule has 6 nitrogen and oxygen atoms in total. The molecule has 4 rings (SSSR count). The Bertz CT molecular complexity index is 998. The van der Waals surface area contributed by atoms with Crippen molar-refractivity contribution in [3.63, 3.8) is 0 Å². The Morgan fingerprint density at radius 2 is 1.96 bits per heavy atom. The van der Waals surface area contributed by atoms with E-state index in [0.717, 1.165) is 28.1 Å². The van der Waals surface area contributed by atoms with E-state index < -0.39 is 0 Å². The molecule has 0 aliphatic heterocycles. The summed E-state index contributed by atoms with van der Waals surface area (Å²) in [4.78, 5) is 16.6. The number of aryl methyl sites for hydroxylation is 1. The standard InChI is InChI=1S/C19H16N4O2/c1-12-21-18(23-22-12)13-6-8-14(9-7-13)19(24)20-11-16-10-15-4-2-3-5-17(15)25-16/h2-10H,11H2,1H3,(H,20,24)(H,21,22,23).